The van der Waals surface area contributed by atoms with E-state index in [-0.39, 0.29) is 12.9 Å². The van der Waals surface area contributed by atoms with Crippen LogP contribution in [0.4, 0.5) is 0 Å². The standard InChI is InChI=1S/C22H18ClN3O4/c23-18-6-2-1-5-16(18)22-17(8-9-20(27)15-11-24-14-25-12-15)19(26-30-22)13-29-21-7-3-4-10-28-21/h1-2,5-6,11-12,14,21H,3-4,7,10,13H2. The molecule has 1 aliphatic heterocycles. The predicted octanol–water partition coefficient (Wildman–Crippen LogP) is 4.06. The van der Waals surface area contributed by atoms with E-state index in [4.69, 9.17) is 25.6 Å². The van der Waals surface area contributed by atoms with Crippen molar-refractivity contribution >= 4 is 17.4 Å². The summed E-state index contributed by atoms with van der Waals surface area (Å²) in [5, 5.41) is 4.60. The van der Waals surface area contributed by atoms with Gasteiger partial charge >= 0.3 is 0 Å². The topological polar surface area (TPSA) is 87.3 Å². The largest absolute Gasteiger partial charge is 0.354 e. The van der Waals surface area contributed by atoms with E-state index >= 15 is 0 Å². The van der Waals surface area contributed by atoms with Gasteiger partial charge in [0, 0.05) is 24.6 Å². The monoisotopic (exact) mass is 423 g/mol. The van der Waals surface area contributed by atoms with Crippen molar-refractivity contribution in [2.45, 2.75) is 32.2 Å². The molecule has 1 saturated heterocycles. The number of benzene rings is 1. The van der Waals surface area contributed by atoms with Gasteiger partial charge in [-0.05, 0) is 37.3 Å². The van der Waals surface area contributed by atoms with Crippen molar-refractivity contribution in [3.8, 4) is 23.2 Å². The number of Topliss-reactive ketones (excluding diaryl/α,β-unsaturated/α-hetero) is 1. The summed E-state index contributed by atoms with van der Waals surface area (Å²) < 4.78 is 17.0. The first kappa shape index (κ1) is 20.2. The van der Waals surface area contributed by atoms with Gasteiger partial charge in [-0.2, -0.15) is 0 Å². The number of carbonyl (C=O) groups excluding carboxylic acids is 1. The normalized spacial score (nSPS) is 16.0. The van der Waals surface area contributed by atoms with Crippen LogP contribution in [-0.2, 0) is 16.1 Å². The highest BCUT2D eigenvalue weighted by atomic mass is 35.5. The highest BCUT2D eigenvalue weighted by Crippen LogP contribution is 2.32. The third-order valence-electron chi connectivity index (χ3n) is 4.55. The summed E-state index contributed by atoms with van der Waals surface area (Å²) in [6.45, 7) is 0.819. The second kappa shape index (κ2) is 9.63. The third-order valence-corrected chi connectivity index (χ3v) is 4.88. The van der Waals surface area contributed by atoms with E-state index in [9.17, 15) is 4.79 Å². The van der Waals surface area contributed by atoms with E-state index in [2.05, 4.69) is 27.0 Å². The van der Waals surface area contributed by atoms with Crippen molar-refractivity contribution in [3.63, 3.8) is 0 Å². The number of nitrogens with zero attached hydrogens (tertiary/aromatic N) is 3. The van der Waals surface area contributed by atoms with Crippen LogP contribution in [0.25, 0.3) is 11.3 Å². The van der Waals surface area contributed by atoms with Crippen molar-refractivity contribution < 1.29 is 18.8 Å². The molecule has 4 rings (SSSR count). The lowest BCUT2D eigenvalue weighted by atomic mass is 10.1. The molecule has 152 valence electrons. The van der Waals surface area contributed by atoms with E-state index in [1.165, 1.54) is 18.7 Å². The van der Waals surface area contributed by atoms with E-state index in [1.807, 2.05) is 12.1 Å². The molecule has 8 heteroatoms. The average Bonchev–Trinajstić information content (AvgIpc) is 3.20. The maximum atomic E-state index is 12.4. The number of rotatable bonds is 5. The second-order valence-corrected chi connectivity index (χ2v) is 7.03. The van der Waals surface area contributed by atoms with Crippen molar-refractivity contribution in [1.82, 2.24) is 15.1 Å². The number of hydrogen-bond donors (Lipinski definition) is 0. The predicted molar refractivity (Wildman–Crippen MR) is 109 cm³/mol. The van der Waals surface area contributed by atoms with Gasteiger partial charge in [-0.15, -0.1) is 0 Å². The Morgan fingerprint density at radius 1 is 1.23 bits per heavy atom. The third kappa shape index (κ3) is 4.74. The molecule has 0 spiro atoms. The number of aromatic nitrogens is 3. The quantitative estimate of drug-likeness (QED) is 0.451. The van der Waals surface area contributed by atoms with Crippen molar-refractivity contribution in [2.75, 3.05) is 6.61 Å². The lowest BCUT2D eigenvalue weighted by molar-refractivity contribution is -0.169. The first-order valence-corrected chi connectivity index (χ1v) is 9.88. The van der Waals surface area contributed by atoms with Gasteiger partial charge in [0.25, 0.3) is 0 Å². The highest BCUT2D eigenvalue weighted by Gasteiger charge is 2.21. The van der Waals surface area contributed by atoms with Crippen LogP contribution in [0.15, 0.2) is 47.5 Å². The molecule has 7 nitrogen and oxygen atoms in total. The lowest BCUT2D eigenvalue weighted by Crippen LogP contribution is -2.22. The molecule has 0 bridgehead atoms. The number of halogens is 1. The number of ketones is 1. The lowest BCUT2D eigenvalue weighted by Gasteiger charge is -2.22. The average molecular weight is 424 g/mol. The minimum absolute atomic E-state index is 0.144. The van der Waals surface area contributed by atoms with Gasteiger partial charge in [0.1, 0.15) is 12.0 Å². The molecule has 0 radical (unpaired) electrons. The summed E-state index contributed by atoms with van der Waals surface area (Å²) in [4.78, 5) is 20.1. The minimum Gasteiger partial charge on any atom is -0.354 e. The molecule has 3 aromatic rings. The van der Waals surface area contributed by atoms with Crippen LogP contribution in [0.1, 0.15) is 40.9 Å². The summed E-state index contributed by atoms with van der Waals surface area (Å²) in [5.41, 5.74) is 1.86. The molecule has 30 heavy (non-hydrogen) atoms. The van der Waals surface area contributed by atoms with Crippen LogP contribution in [0.3, 0.4) is 0 Å². The first-order valence-electron chi connectivity index (χ1n) is 9.50. The first-order chi connectivity index (χ1) is 14.7. The fourth-order valence-corrected chi connectivity index (χ4v) is 3.22. The van der Waals surface area contributed by atoms with Crippen LogP contribution < -0.4 is 0 Å². The highest BCUT2D eigenvalue weighted by molar-refractivity contribution is 6.33. The maximum Gasteiger partial charge on any atom is 0.239 e. The maximum absolute atomic E-state index is 12.4. The molecule has 1 atom stereocenters. The second-order valence-electron chi connectivity index (χ2n) is 6.63. The van der Waals surface area contributed by atoms with Crippen LogP contribution in [-0.4, -0.2) is 33.8 Å². The molecule has 2 aromatic heterocycles. The van der Waals surface area contributed by atoms with Gasteiger partial charge in [0.05, 0.1) is 22.8 Å². The molecule has 0 aliphatic carbocycles. The fourth-order valence-electron chi connectivity index (χ4n) is 3.00. The summed E-state index contributed by atoms with van der Waals surface area (Å²) in [6.07, 6.45) is 6.79. The molecule has 3 heterocycles. The molecule has 0 N–H and O–H groups in total. The van der Waals surface area contributed by atoms with Crippen molar-refractivity contribution in [3.05, 3.63) is 64.8 Å². The van der Waals surface area contributed by atoms with Crippen LogP contribution in [0.2, 0.25) is 5.02 Å². The number of ether oxygens (including phenoxy) is 2. The Morgan fingerprint density at radius 3 is 2.83 bits per heavy atom. The van der Waals surface area contributed by atoms with Gasteiger partial charge in [-0.3, -0.25) is 4.79 Å². The zero-order chi connectivity index (χ0) is 20.8. The Kier molecular flexibility index (Phi) is 6.50. The molecule has 1 fully saturated rings. The zero-order valence-electron chi connectivity index (χ0n) is 16.0. The smallest absolute Gasteiger partial charge is 0.239 e. The summed E-state index contributed by atoms with van der Waals surface area (Å²) >= 11 is 6.33. The summed E-state index contributed by atoms with van der Waals surface area (Å²) in [6, 6.07) is 7.20. The van der Waals surface area contributed by atoms with Gasteiger partial charge in [-0.1, -0.05) is 34.8 Å². The van der Waals surface area contributed by atoms with Gasteiger partial charge < -0.3 is 14.0 Å². The summed E-state index contributed by atoms with van der Waals surface area (Å²) in [7, 11) is 0. The number of hydrogen-bond acceptors (Lipinski definition) is 7. The van der Waals surface area contributed by atoms with Crippen LogP contribution in [0.5, 0.6) is 0 Å². The Balaban J connectivity index is 1.65. The van der Waals surface area contributed by atoms with E-state index < -0.39 is 5.78 Å². The molecule has 1 aromatic carbocycles. The Morgan fingerprint density at radius 2 is 2.07 bits per heavy atom. The van der Waals surface area contributed by atoms with E-state index in [0.29, 0.717) is 39.8 Å². The molecule has 1 aliphatic rings. The van der Waals surface area contributed by atoms with Gasteiger partial charge in [0.15, 0.2) is 12.1 Å². The molecular weight excluding hydrogens is 406 g/mol. The Labute approximate surface area is 178 Å². The molecular formula is C22H18ClN3O4. The van der Waals surface area contributed by atoms with E-state index in [0.717, 1.165) is 19.3 Å². The zero-order valence-corrected chi connectivity index (χ0v) is 16.8. The van der Waals surface area contributed by atoms with Crippen molar-refractivity contribution in [1.29, 1.82) is 0 Å². The van der Waals surface area contributed by atoms with Gasteiger partial charge in [0.2, 0.25) is 5.78 Å². The van der Waals surface area contributed by atoms with Crippen LogP contribution >= 0.6 is 11.6 Å². The molecule has 0 saturated carbocycles. The Hall–Kier alpha value is -3.05. The molecule has 1 unspecified atom stereocenters. The SMILES string of the molecule is O=C(C#Cc1c(COC2CCCCO2)noc1-c1ccccc1Cl)c1cncnc1. The summed E-state index contributed by atoms with van der Waals surface area (Å²) in [5.74, 6) is 5.46. The Bertz CT molecular complexity index is 1080. The molecule has 0 amide bonds. The van der Waals surface area contributed by atoms with Gasteiger partial charge in [-0.25, -0.2) is 9.97 Å². The van der Waals surface area contributed by atoms with E-state index in [1.54, 1.807) is 12.1 Å². The van der Waals surface area contributed by atoms with Crippen LogP contribution in [0, 0.1) is 11.8 Å². The van der Waals surface area contributed by atoms with Crippen molar-refractivity contribution in [2.24, 2.45) is 0 Å². The fraction of sp³-hybridized carbons (Fsp3) is 0.273. The minimum atomic E-state index is -0.413. The number of carbonyl (C=O) groups is 1.